The number of rotatable bonds is 6. The Morgan fingerprint density at radius 3 is 2.34 bits per heavy atom. The van der Waals surface area contributed by atoms with E-state index in [9.17, 15) is 25.5 Å². The molecule has 252 valence electrons. The van der Waals surface area contributed by atoms with Gasteiger partial charge in [-0.2, -0.15) is 0 Å². The van der Waals surface area contributed by atoms with Gasteiger partial charge >= 0.3 is 0 Å². The Morgan fingerprint density at radius 2 is 1.64 bits per heavy atom. The van der Waals surface area contributed by atoms with Crippen molar-refractivity contribution in [3.8, 4) is 0 Å². The Kier molecular flexibility index (Phi) is 9.14. The zero-order valence-corrected chi connectivity index (χ0v) is 27.3. The van der Waals surface area contributed by atoms with E-state index in [-0.39, 0.29) is 41.3 Å². The molecule has 2 saturated heterocycles. The fourth-order valence-corrected chi connectivity index (χ4v) is 10.5. The first kappa shape index (κ1) is 33.2. The van der Waals surface area contributed by atoms with E-state index in [2.05, 4.69) is 26.8 Å². The van der Waals surface area contributed by atoms with E-state index in [0.717, 1.165) is 51.4 Å². The first-order valence-electron chi connectivity index (χ1n) is 17.0. The lowest BCUT2D eigenvalue weighted by Gasteiger charge is -2.61. The van der Waals surface area contributed by atoms with Crippen LogP contribution in [0.1, 0.15) is 92.4 Å². The van der Waals surface area contributed by atoms with Crippen molar-refractivity contribution < 1.29 is 49.2 Å². The molecule has 0 radical (unpaired) electrons. The lowest BCUT2D eigenvalue weighted by atomic mass is 9.45. The van der Waals surface area contributed by atoms with Gasteiger partial charge in [-0.05, 0) is 95.3 Å². The second kappa shape index (κ2) is 12.1. The minimum atomic E-state index is -1.07. The number of aliphatic hydroxyl groups is 5. The van der Waals surface area contributed by atoms with E-state index in [0.29, 0.717) is 5.92 Å². The first-order chi connectivity index (χ1) is 20.7. The van der Waals surface area contributed by atoms with Crippen molar-refractivity contribution in [2.75, 3.05) is 7.11 Å². The lowest BCUT2D eigenvalue weighted by Crippen LogP contribution is -2.61. The summed E-state index contributed by atoms with van der Waals surface area (Å²) in [7, 11) is 1.48. The molecule has 2 aliphatic heterocycles. The third kappa shape index (κ3) is 5.24. The number of hydrogen-bond donors (Lipinski definition) is 5. The highest BCUT2D eigenvalue weighted by atomic mass is 16.7. The zero-order valence-electron chi connectivity index (χ0n) is 27.3. The molecule has 6 rings (SSSR count). The summed E-state index contributed by atoms with van der Waals surface area (Å²) in [5.74, 6) is 0.707. The largest absolute Gasteiger partial charge is 0.390 e. The van der Waals surface area contributed by atoms with Crippen molar-refractivity contribution in [3.05, 3.63) is 11.6 Å². The van der Waals surface area contributed by atoms with Crippen molar-refractivity contribution in [1.29, 1.82) is 0 Å². The predicted molar refractivity (Wildman–Crippen MR) is 160 cm³/mol. The van der Waals surface area contributed by atoms with E-state index in [4.69, 9.17) is 23.7 Å². The molecule has 5 N–H and O–H groups in total. The summed E-state index contributed by atoms with van der Waals surface area (Å²) in [5.41, 5.74) is 0.286. The maximum Gasteiger partial charge on any atom is 0.186 e. The quantitative estimate of drug-likeness (QED) is 0.280. The molecule has 10 nitrogen and oxygen atoms in total. The molecule has 0 amide bonds. The number of hydrogen-bond acceptors (Lipinski definition) is 10. The molecule has 17 atom stereocenters. The summed E-state index contributed by atoms with van der Waals surface area (Å²) in [4.78, 5) is 0. The molecule has 44 heavy (non-hydrogen) atoms. The Bertz CT molecular complexity index is 1060. The van der Waals surface area contributed by atoms with Crippen LogP contribution in [0.2, 0.25) is 0 Å². The average Bonchev–Trinajstić information content (AvgIpc) is 3.26. The standard InChI is InChI=1S/C34H56O10/c1-17(41-26-16-25(35)27(36)18(2)42-26)22-11-14-34(39)24-8-7-20-15-21(9-12-32(20,4)23(24)10-13-33(22,34)5)44-31-29(38)30(40-6)28(37)19(3)43-31/h7,17-19,21-31,35-39H,8-16H2,1-6H3/t17-,18+,19+,21-,22+,23-,24+,25+,26+,27+,28-,29+,30-,31-,32-,33+,34-/m0/s1. The van der Waals surface area contributed by atoms with Gasteiger partial charge in [-0.25, -0.2) is 0 Å². The molecule has 0 spiro atoms. The van der Waals surface area contributed by atoms with Gasteiger partial charge in [0.2, 0.25) is 0 Å². The summed E-state index contributed by atoms with van der Waals surface area (Å²) in [5, 5.41) is 54.1. The summed E-state index contributed by atoms with van der Waals surface area (Å²) < 4.78 is 29.8. The minimum absolute atomic E-state index is 0.0202. The van der Waals surface area contributed by atoms with E-state index in [1.54, 1.807) is 13.8 Å². The zero-order chi connectivity index (χ0) is 31.8. The van der Waals surface area contributed by atoms with Gasteiger partial charge < -0.3 is 49.2 Å². The van der Waals surface area contributed by atoms with Crippen LogP contribution in [0.4, 0.5) is 0 Å². The smallest absolute Gasteiger partial charge is 0.186 e. The topological polar surface area (TPSA) is 147 Å². The number of fused-ring (bicyclic) bond motifs is 5. The van der Waals surface area contributed by atoms with Crippen LogP contribution >= 0.6 is 0 Å². The van der Waals surface area contributed by atoms with E-state index >= 15 is 0 Å². The normalized spacial score (nSPS) is 55.0. The minimum Gasteiger partial charge on any atom is -0.390 e. The molecule has 4 aliphatic carbocycles. The molecular weight excluding hydrogens is 568 g/mol. The van der Waals surface area contributed by atoms with Crippen LogP contribution in [0.15, 0.2) is 11.6 Å². The first-order valence-corrected chi connectivity index (χ1v) is 17.0. The fourth-order valence-electron chi connectivity index (χ4n) is 10.5. The number of allylic oxidation sites excluding steroid dienone is 1. The third-order valence-electron chi connectivity index (χ3n) is 13.3. The van der Waals surface area contributed by atoms with Crippen molar-refractivity contribution in [1.82, 2.24) is 0 Å². The number of methoxy groups -OCH3 is 1. The van der Waals surface area contributed by atoms with Crippen LogP contribution < -0.4 is 0 Å². The summed E-state index contributed by atoms with van der Waals surface area (Å²) >= 11 is 0. The molecule has 2 heterocycles. The molecule has 10 heteroatoms. The number of ether oxygens (including phenoxy) is 5. The molecule has 0 aromatic heterocycles. The van der Waals surface area contributed by atoms with Gasteiger partial charge in [0, 0.05) is 18.9 Å². The van der Waals surface area contributed by atoms with Gasteiger partial charge in [0.25, 0.3) is 0 Å². The van der Waals surface area contributed by atoms with Gasteiger partial charge in [0.05, 0.1) is 36.1 Å². The highest BCUT2D eigenvalue weighted by Gasteiger charge is 2.67. The van der Waals surface area contributed by atoms with Gasteiger partial charge in [0.15, 0.2) is 12.6 Å². The Balaban J connectivity index is 1.13. The highest BCUT2D eigenvalue weighted by molar-refractivity contribution is 5.28. The van der Waals surface area contributed by atoms with Crippen LogP contribution in [0, 0.1) is 28.6 Å². The number of aliphatic hydroxyl groups excluding tert-OH is 4. The molecule has 6 aliphatic rings. The Labute approximate surface area is 262 Å². The van der Waals surface area contributed by atoms with E-state index in [1.807, 2.05) is 0 Å². The molecule has 0 aromatic carbocycles. The van der Waals surface area contributed by atoms with Crippen molar-refractivity contribution in [3.63, 3.8) is 0 Å². The molecule has 0 aromatic rings. The second-order valence-corrected chi connectivity index (χ2v) is 15.4. The third-order valence-corrected chi connectivity index (χ3v) is 13.3. The van der Waals surface area contributed by atoms with Gasteiger partial charge in [-0.1, -0.05) is 25.5 Å². The molecule has 5 fully saturated rings. The van der Waals surface area contributed by atoms with Crippen LogP contribution in [0.25, 0.3) is 0 Å². The SMILES string of the molecule is CO[C@H]1[C@@H](O)[C@@H](C)O[C@@H](O[C@H]2CC[C@@]3(C)C(=CC[C@@H]4[C@@H]3CC[C@]3(C)[C@@H]([C@H](C)O[C@H]5C[C@@H](O)[C@H](O)[C@@H](C)O5)CC[C@]43O)C2)[C@@H]1O. The molecule has 0 unspecified atom stereocenters. The second-order valence-electron chi connectivity index (χ2n) is 15.4. The molecular formula is C34H56O10. The van der Waals surface area contributed by atoms with Gasteiger partial charge in [-0.3, -0.25) is 0 Å². The molecule has 3 saturated carbocycles. The summed E-state index contributed by atoms with van der Waals surface area (Å²) in [6.45, 7) is 10.2. The van der Waals surface area contributed by atoms with E-state index < -0.39 is 60.9 Å². The Hall–Kier alpha value is -0.660. The maximum atomic E-state index is 12.6. The van der Waals surface area contributed by atoms with Crippen LogP contribution in [0.5, 0.6) is 0 Å². The fraction of sp³-hybridized carbons (Fsp3) is 0.941. The maximum absolute atomic E-state index is 12.6. The van der Waals surface area contributed by atoms with Crippen molar-refractivity contribution >= 4 is 0 Å². The monoisotopic (exact) mass is 624 g/mol. The predicted octanol–water partition coefficient (Wildman–Crippen LogP) is 2.81. The Morgan fingerprint density at radius 1 is 0.909 bits per heavy atom. The summed E-state index contributed by atoms with van der Waals surface area (Å²) in [6, 6.07) is 0. The summed E-state index contributed by atoms with van der Waals surface area (Å²) in [6.07, 6.45) is 2.40. The average molecular weight is 625 g/mol. The lowest BCUT2D eigenvalue weighted by molar-refractivity contribution is -0.309. The van der Waals surface area contributed by atoms with E-state index in [1.165, 1.54) is 12.7 Å². The van der Waals surface area contributed by atoms with Gasteiger partial charge in [-0.15, -0.1) is 0 Å². The van der Waals surface area contributed by atoms with Crippen LogP contribution in [-0.4, -0.2) is 106 Å². The van der Waals surface area contributed by atoms with Crippen molar-refractivity contribution in [2.45, 2.75) is 166 Å². The van der Waals surface area contributed by atoms with Crippen molar-refractivity contribution in [2.24, 2.45) is 28.6 Å². The molecule has 0 bridgehead atoms. The highest BCUT2D eigenvalue weighted by Crippen LogP contribution is 2.68. The van der Waals surface area contributed by atoms with Crippen LogP contribution in [-0.2, 0) is 23.7 Å². The van der Waals surface area contributed by atoms with Gasteiger partial charge in [0.1, 0.15) is 24.4 Å². The van der Waals surface area contributed by atoms with Crippen LogP contribution in [0.3, 0.4) is 0 Å².